The Morgan fingerprint density at radius 2 is 1.91 bits per heavy atom. The Kier molecular flexibility index (Phi) is 7.53. The molecule has 0 fully saturated rings. The largest absolute Gasteiger partial charge is 0.462 e. The minimum atomic E-state index is -0.519. The van der Waals surface area contributed by atoms with Crippen molar-refractivity contribution in [3.63, 3.8) is 0 Å². The molecule has 0 unspecified atom stereocenters. The molecule has 10 nitrogen and oxygen atoms in total. The first-order valence-electron chi connectivity index (χ1n) is 10.3. The molecule has 2 aromatic heterocycles. The van der Waals surface area contributed by atoms with Crippen molar-refractivity contribution in [1.29, 1.82) is 0 Å². The quantitative estimate of drug-likeness (QED) is 0.138. The number of rotatable bonds is 9. The smallest absolute Gasteiger partial charge is 0.341 e. The van der Waals surface area contributed by atoms with Crippen molar-refractivity contribution in [2.75, 3.05) is 17.7 Å². The van der Waals surface area contributed by atoms with Crippen LogP contribution in [0.5, 0.6) is 0 Å². The van der Waals surface area contributed by atoms with Gasteiger partial charge >= 0.3 is 5.97 Å². The molecule has 0 atom stereocenters. The van der Waals surface area contributed by atoms with Gasteiger partial charge in [-0.15, -0.1) is 21.5 Å². The zero-order valence-electron chi connectivity index (χ0n) is 18.3. The number of amides is 1. The average Bonchev–Trinajstić information content (AvgIpc) is 3.51. The zero-order valence-corrected chi connectivity index (χ0v) is 19.9. The molecule has 0 bridgehead atoms. The summed E-state index contributed by atoms with van der Waals surface area (Å²) >= 11 is 2.24. The highest BCUT2D eigenvalue weighted by atomic mass is 32.2. The summed E-state index contributed by atoms with van der Waals surface area (Å²) in [5.74, 6) is -0.852. The van der Waals surface area contributed by atoms with Crippen LogP contribution in [-0.4, -0.2) is 39.4 Å². The number of nitro benzene ring substituents is 1. The highest BCUT2D eigenvalue weighted by Crippen LogP contribution is 2.36. The number of esters is 1. The molecular weight excluding hydrogens is 492 g/mol. The van der Waals surface area contributed by atoms with Crippen molar-refractivity contribution in [3.05, 3.63) is 75.7 Å². The third-order valence-corrected chi connectivity index (χ3v) is 6.36. The van der Waals surface area contributed by atoms with Gasteiger partial charge in [0.05, 0.1) is 17.3 Å². The van der Waals surface area contributed by atoms with Crippen LogP contribution in [0.15, 0.2) is 69.6 Å². The fraction of sp³-hybridized carbons (Fsp3) is 0.130. The van der Waals surface area contributed by atoms with E-state index in [0.717, 1.165) is 17.3 Å². The predicted molar refractivity (Wildman–Crippen MR) is 131 cm³/mol. The summed E-state index contributed by atoms with van der Waals surface area (Å²) in [5, 5.41) is 23.8. The molecule has 1 N–H and O–H groups in total. The second-order valence-corrected chi connectivity index (χ2v) is 8.76. The molecule has 0 spiro atoms. The number of benzene rings is 2. The number of carbonyl (C=O) groups excluding carboxylic acids is 2. The highest BCUT2D eigenvalue weighted by molar-refractivity contribution is 7.99. The number of thiophene rings is 1. The maximum Gasteiger partial charge on any atom is 0.341 e. The molecule has 0 saturated heterocycles. The van der Waals surface area contributed by atoms with E-state index >= 15 is 0 Å². The van der Waals surface area contributed by atoms with Gasteiger partial charge in [-0.25, -0.2) is 4.79 Å². The first-order chi connectivity index (χ1) is 17.0. The summed E-state index contributed by atoms with van der Waals surface area (Å²) in [6, 6.07) is 15.2. The average molecular weight is 511 g/mol. The Hall–Kier alpha value is -4.03. The van der Waals surface area contributed by atoms with E-state index in [2.05, 4.69) is 15.5 Å². The summed E-state index contributed by atoms with van der Waals surface area (Å²) in [4.78, 5) is 35.7. The molecule has 35 heavy (non-hydrogen) atoms. The maximum absolute atomic E-state index is 12.6. The van der Waals surface area contributed by atoms with Crippen LogP contribution in [0.3, 0.4) is 0 Å². The predicted octanol–water partition coefficient (Wildman–Crippen LogP) is 5.28. The number of carbonyl (C=O) groups is 2. The van der Waals surface area contributed by atoms with Gasteiger partial charge < -0.3 is 14.5 Å². The third kappa shape index (κ3) is 5.73. The first-order valence-corrected chi connectivity index (χ1v) is 12.2. The van der Waals surface area contributed by atoms with Gasteiger partial charge in [0.25, 0.3) is 10.9 Å². The Balaban J connectivity index is 1.45. The maximum atomic E-state index is 12.6. The number of nitrogens with zero attached hydrogens (tertiary/aromatic N) is 3. The number of nitrogens with one attached hydrogen (secondary N) is 1. The molecule has 0 aliphatic carbocycles. The first kappa shape index (κ1) is 24.1. The third-order valence-electron chi connectivity index (χ3n) is 4.65. The molecule has 178 valence electrons. The normalized spacial score (nSPS) is 10.7. The van der Waals surface area contributed by atoms with Crippen LogP contribution >= 0.6 is 23.1 Å². The summed E-state index contributed by atoms with van der Waals surface area (Å²) < 4.78 is 10.7. The van der Waals surface area contributed by atoms with Crippen LogP contribution in [0.1, 0.15) is 17.3 Å². The monoisotopic (exact) mass is 510 g/mol. The van der Waals surface area contributed by atoms with Crippen LogP contribution in [0.25, 0.3) is 22.6 Å². The molecule has 0 saturated carbocycles. The Morgan fingerprint density at radius 3 is 2.66 bits per heavy atom. The summed E-state index contributed by atoms with van der Waals surface area (Å²) in [7, 11) is 0. The van der Waals surface area contributed by atoms with E-state index in [-0.39, 0.29) is 35.1 Å². The number of anilines is 1. The lowest BCUT2D eigenvalue weighted by Crippen LogP contribution is -2.16. The molecule has 0 aliphatic rings. The van der Waals surface area contributed by atoms with Gasteiger partial charge in [0, 0.05) is 28.6 Å². The second-order valence-electron chi connectivity index (χ2n) is 6.96. The van der Waals surface area contributed by atoms with E-state index in [1.54, 1.807) is 18.4 Å². The second kappa shape index (κ2) is 10.9. The van der Waals surface area contributed by atoms with Crippen molar-refractivity contribution in [1.82, 2.24) is 10.2 Å². The minimum Gasteiger partial charge on any atom is -0.462 e. The molecule has 4 aromatic rings. The lowest BCUT2D eigenvalue weighted by atomic mass is 10.0. The number of ether oxygens (including phenoxy) is 1. The summed E-state index contributed by atoms with van der Waals surface area (Å²) in [5.41, 5.74) is 2.11. The molecule has 0 aliphatic heterocycles. The fourth-order valence-corrected chi connectivity index (χ4v) is 4.65. The Bertz CT molecular complexity index is 1370. The lowest BCUT2D eigenvalue weighted by Gasteiger charge is -2.08. The van der Waals surface area contributed by atoms with Gasteiger partial charge in [0.15, 0.2) is 0 Å². The molecule has 2 aromatic carbocycles. The number of nitro groups is 1. The van der Waals surface area contributed by atoms with E-state index in [1.807, 2.05) is 30.3 Å². The van der Waals surface area contributed by atoms with E-state index < -0.39 is 10.9 Å². The van der Waals surface area contributed by atoms with E-state index in [1.165, 1.54) is 29.5 Å². The van der Waals surface area contributed by atoms with Gasteiger partial charge in [-0.2, -0.15) is 0 Å². The molecular formula is C23H18N4O6S2. The van der Waals surface area contributed by atoms with Gasteiger partial charge in [0.2, 0.25) is 11.8 Å². The lowest BCUT2D eigenvalue weighted by molar-refractivity contribution is -0.384. The molecule has 2 heterocycles. The molecule has 12 heteroatoms. The van der Waals surface area contributed by atoms with Gasteiger partial charge in [-0.3, -0.25) is 14.9 Å². The Labute approximate surface area is 207 Å². The van der Waals surface area contributed by atoms with Gasteiger partial charge in [-0.05, 0) is 18.6 Å². The van der Waals surface area contributed by atoms with Gasteiger partial charge in [0.1, 0.15) is 10.6 Å². The zero-order chi connectivity index (χ0) is 24.8. The molecule has 1 amide bonds. The number of hydrogen-bond acceptors (Lipinski definition) is 10. The molecule has 4 rings (SSSR count). The van der Waals surface area contributed by atoms with E-state index in [9.17, 15) is 19.7 Å². The summed E-state index contributed by atoms with van der Waals surface area (Å²) in [6.45, 7) is 1.92. The van der Waals surface area contributed by atoms with E-state index in [4.69, 9.17) is 9.15 Å². The standard InChI is InChI=1S/C23H18N4O6S2/c1-2-32-22(29)19-17(14-7-4-3-5-8-14)12-34-21(19)24-18(28)13-35-23-26-25-20(33-23)15-9-6-10-16(11-15)27(30)31/h3-12H,2,13H2,1H3,(H,24,28). The van der Waals surface area contributed by atoms with Crippen molar-refractivity contribution in [2.24, 2.45) is 0 Å². The van der Waals surface area contributed by atoms with Crippen LogP contribution in [0, 0.1) is 10.1 Å². The fourth-order valence-electron chi connectivity index (χ4n) is 3.11. The van der Waals surface area contributed by atoms with E-state index in [0.29, 0.717) is 21.7 Å². The molecule has 0 radical (unpaired) electrons. The van der Waals surface area contributed by atoms with Crippen molar-refractivity contribution >= 4 is 45.7 Å². The number of aromatic nitrogens is 2. The van der Waals surface area contributed by atoms with Crippen LogP contribution in [0.4, 0.5) is 10.7 Å². The number of non-ortho nitro benzene ring substituents is 1. The number of thioether (sulfide) groups is 1. The number of hydrogen-bond donors (Lipinski definition) is 1. The minimum absolute atomic E-state index is 0.0581. The van der Waals surface area contributed by atoms with Crippen molar-refractivity contribution < 1.29 is 23.7 Å². The van der Waals surface area contributed by atoms with Crippen LogP contribution in [-0.2, 0) is 9.53 Å². The van der Waals surface area contributed by atoms with Crippen LogP contribution in [0.2, 0.25) is 0 Å². The van der Waals surface area contributed by atoms with Crippen LogP contribution < -0.4 is 5.32 Å². The van der Waals surface area contributed by atoms with Crippen molar-refractivity contribution in [3.8, 4) is 22.6 Å². The summed E-state index contributed by atoms with van der Waals surface area (Å²) in [6.07, 6.45) is 0. The Morgan fingerprint density at radius 1 is 1.14 bits per heavy atom. The van der Waals surface area contributed by atoms with Gasteiger partial charge in [-0.1, -0.05) is 48.2 Å². The topological polar surface area (TPSA) is 137 Å². The SMILES string of the molecule is CCOC(=O)c1c(-c2ccccc2)csc1NC(=O)CSc1nnc(-c2cccc([N+](=O)[O-])c2)o1. The van der Waals surface area contributed by atoms with Crippen molar-refractivity contribution in [2.45, 2.75) is 12.1 Å². The highest BCUT2D eigenvalue weighted by Gasteiger charge is 2.23.